The summed E-state index contributed by atoms with van der Waals surface area (Å²) < 4.78 is 2.02. The highest BCUT2D eigenvalue weighted by molar-refractivity contribution is 5.11. The predicted molar refractivity (Wildman–Crippen MR) is 57.4 cm³/mol. The number of aliphatic hydroxyl groups excluding tert-OH is 1. The first kappa shape index (κ1) is 10.6. The summed E-state index contributed by atoms with van der Waals surface area (Å²) in [5, 5.41) is 17.4. The molecule has 84 valence electrons. The maximum absolute atomic E-state index is 9.18. The van der Waals surface area contributed by atoms with Crippen LogP contribution in [0.3, 0.4) is 0 Å². The fourth-order valence-electron chi connectivity index (χ4n) is 1.77. The van der Waals surface area contributed by atoms with Crippen LogP contribution in [0.2, 0.25) is 0 Å². The minimum absolute atomic E-state index is 0.0140. The SMILES string of the molecule is CC(C)CCc1c(CO)nnn1C1CC1. The molecule has 0 unspecified atom stereocenters. The Hall–Kier alpha value is -0.900. The van der Waals surface area contributed by atoms with Gasteiger partial charge in [-0.25, -0.2) is 4.68 Å². The third-order valence-corrected chi connectivity index (χ3v) is 2.87. The third-order valence-electron chi connectivity index (χ3n) is 2.87. The van der Waals surface area contributed by atoms with Gasteiger partial charge in [0.25, 0.3) is 0 Å². The van der Waals surface area contributed by atoms with Gasteiger partial charge in [0, 0.05) is 0 Å². The van der Waals surface area contributed by atoms with Crippen molar-refractivity contribution in [1.29, 1.82) is 0 Å². The molecule has 4 heteroatoms. The summed E-state index contributed by atoms with van der Waals surface area (Å²) in [6.07, 6.45) is 4.54. The predicted octanol–water partition coefficient (Wildman–Crippen LogP) is 1.69. The van der Waals surface area contributed by atoms with Gasteiger partial charge in [-0.05, 0) is 31.6 Å². The Morgan fingerprint density at radius 2 is 2.20 bits per heavy atom. The van der Waals surface area contributed by atoms with E-state index in [1.54, 1.807) is 0 Å². The van der Waals surface area contributed by atoms with Gasteiger partial charge in [0.05, 0.1) is 18.3 Å². The Balaban J connectivity index is 2.13. The second-order valence-corrected chi connectivity index (χ2v) is 4.75. The van der Waals surface area contributed by atoms with Crippen molar-refractivity contribution >= 4 is 0 Å². The zero-order chi connectivity index (χ0) is 10.8. The molecule has 1 aromatic rings. The number of aliphatic hydroxyl groups is 1. The Morgan fingerprint density at radius 3 is 2.73 bits per heavy atom. The first-order valence-corrected chi connectivity index (χ1v) is 5.76. The molecule has 0 atom stereocenters. The third kappa shape index (κ3) is 2.37. The van der Waals surface area contributed by atoms with Crippen LogP contribution < -0.4 is 0 Å². The molecule has 1 aliphatic carbocycles. The fraction of sp³-hybridized carbons (Fsp3) is 0.818. The molecule has 0 radical (unpaired) electrons. The summed E-state index contributed by atoms with van der Waals surface area (Å²) in [5.41, 5.74) is 1.91. The van der Waals surface area contributed by atoms with Crippen molar-refractivity contribution in [2.45, 2.75) is 52.2 Å². The van der Waals surface area contributed by atoms with Crippen molar-refractivity contribution in [1.82, 2.24) is 15.0 Å². The second-order valence-electron chi connectivity index (χ2n) is 4.75. The largest absolute Gasteiger partial charge is 0.390 e. The second kappa shape index (κ2) is 4.31. The number of nitrogens with zero attached hydrogens (tertiary/aromatic N) is 3. The van der Waals surface area contributed by atoms with Crippen LogP contribution in [0.5, 0.6) is 0 Å². The van der Waals surface area contributed by atoms with Gasteiger partial charge in [0.2, 0.25) is 0 Å². The normalized spacial score (nSPS) is 16.3. The van der Waals surface area contributed by atoms with E-state index in [2.05, 4.69) is 24.2 Å². The van der Waals surface area contributed by atoms with Gasteiger partial charge < -0.3 is 5.11 Å². The molecule has 0 aliphatic heterocycles. The Labute approximate surface area is 90.3 Å². The average Bonchev–Trinajstić information content (AvgIpc) is 2.96. The van der Waals surface area contributed by atoms with Crippen molar-refractivity contribution in [3.05, 3.63) is 11.4 Å². The van der Waals surface area contributed by atoms with Crippen LogP contribution >= 0.6 is 0 Å². The quantitative estimate of drug-likeness (QED) is 0.803. The highest BCUT2D eigenvalue weighted by Crippen LogP contribution is 2.35. The molecule has 1 saturated carbocycles. The van der Waals surface area contributed by atoms with Crippen LogP contribution in [0.15, 0.2) is 0 Å². The number of aromatic nitrogens is 3. The van der Waals surface area contributed by atoms with Crippen molar-refractivity contribution in [2.24, 2.45) is 5.92 Å². The van der Waals surface area contributed by atoms with Gasteiger partial charge in [0.1, 0.15) is 5.69 Å². The van der Waals surface area contributed by atoms with Crippen LogP contribution in [0.25, 0.3) is 0 Å². The van der Waals surface area contributed by atoms with Crippen molar-refractivity contribution in [3.63, 3.8) is 0 Å². The monoisotopic (exact) mass is 209 g/mol. The van der Waals surface area contributed by atoms with Crippen molar-refractivity contribution in [2.75, 3.05) is 0 Å². The van der Waals surface area contributed by atoms with Crippen LogP contribution in [-0.4, -0.2) is 20.1 Å². The lowest BCUT2D eigenvalue weighted by Crippen LogP contribution is -2.06. The lowest BCUT2D eigenvalue weighted by atomic mass is 10.1. The van der Waals surface area contributed by atoms with Crippen LogP contribution in [0.4, 0.5) is 0 Å². The average molecular weight is 209 g/mol. The molecular formula is C11H19N3O. The molecule has 1 aliphatic rings. The molecule has 15 heavy (non-hydrogen) atoms. The lowest BCUT2D eigenvalue weighted by Gasteiger charge is -2.07. The minimum Gasteiger partial charge on any atom is -0.390 e. The van der Waals surface area contributed by atoms with Gasteiger partial charge >= 0.3 is 0 Å². The molecule has 0 bridgehead atoms. The number of hydrogen-bond donors (Lipinski definition) is 1. The number of rotatable bonds is 5. The topological polar surface area (TPSA) is 50.9 Å². The Kier molecular flexibility index (Phi) is 3.05. The number of hydrogen-bond acceptors (Lipinski definition) is 3. The molecule has 1 N–H and O–H groups in total. The van der Waals surface area contributed by atoms with Crippen molar-refractivity contribution in [3.8, 4) is 0 Å². The highest BCUT2D eigenvalue weighted by Gasteiger charge is 2.28. The van der Waals surface area contributed by atoms with E-state index in [0.29, 0.717) is 12.0 Å². The van der Waals surface area contributed by atoms with Gasteiger partial charge in [-0.3, -0.25) is 0 Å². The summed E-state index contributed by atoms with van der Waals surface area (Å²) in [6, 6.07) is 0.556. The van der Waals surface area contributed by atoms with E-state index < -0.39 is 0 Å². The van der Waals surface area contributed by atoms with E-state index in [0.717, 1.165) is 24.2 Å². The van der Waals surface area contributed by atoms with E-state index >= 15 is 0 Å². The van der Waals surface area contributed by atoms with Gasteiger partial charge in [-0.2, -0.15) is 0 Å². The molecule has 0 spiro atoms. The van der Waals surface area contributed by atoms with Gasteiger partial charge in [0.15, 0.2) is 0 Å². The van der Waals surface area contributed by atoms with Gasteiger partial charge in [-0.1, -0.05) is 19.1 Å². The molecule has 4 nitrogen and oxygen atoms in total. The van der Waals surface area contributed by atoms with E-state index in [-0.39, 0.29) is 6.61 Å². The summed E-state index contributed by atoms with van der Waals surface area (Å²) in [5.74, 6) is 0.680. The highest BCUT2D eigenvalue weighted by atomic mass is 16.3. The van der Waals surface area contributed by atoms with Crippen molar-refractivity contribution < 1.29 is 5.11 Å². The maximum Gasteiger partial charge on any atom is 0.111 e. The summed E-state index contributed by atoms with van der Waals surface area (Å²) >= 11 is 0. The summed E-state index contributed by atoms with van der Waals surface area (Å²) in [4.78, 5) is 0. The van der Waals surface area contributed by atoms with E-state index in [9.17, 15) is 5.11 Å². The first-order valence-electron chi connectivity index (χ1n) is 5.76. The molecule has 0 saturated heterocycles. The van der Waals surface area contributed by atoms with E-state index in [1.165, 1.54) is 12.8 Å². The Morgan fingerprint density at radius 1 is 1.47 bits per heavy atom. The lowest BCUT2D eigenvalue weighted by molar-refractivity contribution is 0.275. The standard InChI is InChI=1S/C11H19N3O/c1-8(2)3-6-11-10(7-15)12-13-14(11)9-4-5-9/h8-9,15H,3-7H2,1-2H3. The zero-order valence-electron chi connectivity index (χ0n) is 9.48. The summed E-state index contributed by atoms with van der Waals surface area (Å²) in [6.45, 7) is 4.44. The smallest absolute Gasteiger partial charge is 0.111 e. The van der Waals surface area contributed by atoms with Gasteiger partial charge in [-0.15, -0.1) is 5.10 Å². The molecule has 1 heterocycles. The molecule has 1 aromatic heterocycles. The van der Waals surface area contributed by atoms with E-state index in [1.807, 2.05) is 4.68 Å². The van der Waals surface area contributed by atoms with E-state index in [4.69, 9.17) is 0 Å². The van der Waals surface area contributed by atoms with Crippen LogP contribution in [0.1, 0.15) is 50.5 Å². The maximum atomic E-state index is 9.18. The molecular weight excluding hydrogens is 190 g/mol. The van der Waals surface area contributed by atoms with Crippen LogP contribution in [-0.2, 0) is 13.0 Å². The first-order chi connectivity index (χ1) is 7.22. The summed E-state index contributed by atoms with van der Waals surface area (Å²) in [7, 11) is 0. The molecule has 1 fully saturated rings. The Bertz CT molecular complexity index is 329. The zero-order valence-corrected chi connectivity index (χ0v) is 9.48. The molecule has 0 aromatic carbocycles. The fourth-order valence-corrected chi connectivity index (χ4v) is 1.77. The minimum atomic E-state index is 0.0140. The van der Waals surface area contributed by atoms with Crippen LogP contribution in [0, 0.1) is 5.92 Å². The molecule has 2 rings (SSSR count). The molecule has 0 amide bonds.